The van der Waals surface area contributed by atoms with Crippen LogP contribution < -0.4 is 9.47 Å². The van der Waals surface area contributed by atoms with Crippen LogP contribution in [0.3, 0.4) is 0 Å². The van der Waals surface area contributed by atoms with Crippen molar-refractivity contribution in [3.05, 3.63) is 59.0 Å². The van der Waals surface area contributed by atoms with Crippen LogP contribution in [-0.4, -0.2) is 28.8 Å². The number of para-hydroxylation sites is 1. The molecule has 0 spiro atoms. The number of hydrogen-bond donors (Lipinski definition) is 0. The molecule has 1 saturated heterocycles. The first-order chi connectivity index (χ1) is 13.8. The van der Waals surface area contributed by atoms with E-state index < -0.39 is 0 Å². The number of hydrogen-bond acceptors (Lipinski definition) is 5. The topological polar surface area (TPSA) is 51.1 Å². The number of carbonyl (C=O) groups excluding carboxylic acids is 1. The fourth-order valence-corrected chi connectivity index (χ4v) is 4.88. The number of rotatable bonds is 3. The first-order valence-electron chi connectivity index (χ1n) is 9.54. The molecule has 2 fully saturated rings. The van der Waals surface area contributed by atoms with E-state index in [-0.39, 0.29) is 18.7 Å². The highest BCUT2D eigenvalue weighted by Crippen LogP contribution is 2.40. The second kappa shape index (κ2) is 7.36. The molecule has 0 N–H and O–H groups in total. The van der Waals surface area contributed by atoms with Crippen molar-refractivity contribution in [3.8, 4) is 11.5 Å². The van der Waals surface area contributed by atoms with Crippen molar-refractivity contribution in [3.63, 3.8) is 0 Å². The Morgan fingerprint density at radius 3 is 2.64 bits per heavy atom. The minimum absolute atomic E-state index is 0.0456. The normalized spacial score (nSPS) is 22.0. The lowest BCUT2D eigenvalue weighted by Crippen LogP contribution is -2.37. The zero-order chi connectivity index (χ0) is 18.9. The molecular formula is C22H20N2O3S. The van der Waals surface area contributed by atoms with Crippen molar-refractivity contribution >= 4 is 34.6 Å². The van der Waals surface area contributed by atoms with E-state index in [1.165, 1.54) is 24.6 Å². The number of aliphatic imine (C=N–C) groups is 1. The van der Waals surface area contributed by atoms with Gasteiger partial charge in [0.25, 0.3) is 5.91 Å². The Labute approximate surface area is 168 Å². The number of amides is 1. The lowest BCUT2D eigenvalue weighted by molar-refractivity contribution is -0.123. The average Bonchev–Trinajstić information content (AvgIpc) is 3.44. The molecule has 0 radical (unpaired) electrons. The Bertz CT molecular complexity index is 965. The Kier molecular flexibility index (Phi) is 4.56. The van der Waals surface area contributed by atoms with E-state index in [2.05, 4.69) is 0 Å². The van der Waals surface area contributed by atoms with Gasteiger partial charge in [0, 0.05) is 6.04 Å². The minimum Gasteiger partial charge on any atom is -0.454 e. The molecule has 5 nitrogen and oxygen atoms in total. The molecule has 2 heterocycles. The van der Waals surface area contributed by atoms with E-state index in [4.69, 9.17) is 14.5 Å². The van der Waals surface area contributed by atoms with Crippen LogP contribution in [-0.2, 0) is 4.79 Å². The van der Waals surface area contributed by atoms with E-state index in [0.29, 0.717) is 4.91 Å². The zero-order valence-electron chi connectivity index (χ0n) is 15.3. The van der Waals surface area contributed by atoms with Gasteiger partial charge in [-0.1, -0.05) is 37.1 Å². The van der Waals surface area contributed by atoms with Gasteiger partial charge in [-0.05, 0) is 60.5 Å². The molecule has 6 heteroatoms. The highest BCUT2D eigenvalue weighted by Gasteiger charge is 2.39. The third-order valence-electron chi connectivity index (χ3n) is 5.20. The number of benzene rings is 2. The molecule has 5 rings (SSSR count). The molecule has 1 aliphatic carbocycles. The van der Waals surface area contributed by atoms with Crippen molar-refractivity contribution in [2.45, 2.75) is 31.7 Å². The Hall–Kier alpha value is -2.73. The third kappa shape index (κ3) is 3.29. The molecule has 0 bridgehead atoms. The van der Waals surface area contributed by atoms with Crippen LogP contribution in [0.4, 0.5) is 5.69 Å². The predicted octanol–water partition coefficient (Wildman–Crippen LogP) is 4.96. The smallest absolute Gasteiger partial charge is 0.267 e. The first-order valence-corrected chi connectivity index (χ1v) is 10.4. The minimum atomic E-state index is 0.0456. The quantitative estimate of drug-likeness (QED) is 0.693. The molecule has 1 saturated carbocycles. The Balaban J connectivity index is 1.49. The van der Waals surface area contributed by atoms with Crippen molar-refractivity contribution in [1.82, 2.24) is 4.90 Å². The Morgan fingerprint density at radius 1 is 1.04 bits per heavy atom. The number of fused-ring (bicyclic) bond motifs is 1. The summed E-state index contributed by atoms with van der Waals surface area (Å²) in [6, 6.07) is 15.8. The van der Waals surface area contributed by atoms with Crippen LogP contribution in [0.1, 0.15) is 31.2 Å². The van der Waals surface area contributed by atoms with Crippen LogP contribution in [0, 0.1) is 0 Å². The summed E-state index contributed by atoms with van der Waals surface area (Å²) < 4.78 is 10.8. The molecule has 0 unspecified atom stereocenters. The highest BCUT2D eigenvalue weighted by atomic mass is 32.2. The van der Waals surface area contributed by atoms with Crippen LogP contribution >= 0.6 is 11.8 Å². The van der Waals surface area contributed by atoms with Crippen LogP contribution in [0.5, 0.6) is 11.5 Å². The maximum absolute atomic E-state index is 13.2. The van der Waals surface area contributed by atoms with Gasteiger partial charge in [0.1, 0.15) is 0 Å². The van der Waals surface area contributed by atoms with Crippen molar-refractivity contribution in [2.24, 2.45) is 4.99 Å². The number of nitrogens with zero attached hydrogens (tertiary/aromatic N) is 2. The molecule has 2 aromatic carbocycles. The van der Waals surface area contributed by atoms with Gasteiger partial charge in [-0.25, -0.2) is 4.99 Å². The van der Waals surface area contributed by atoms with E-state index in [0.717, 1.165) is 40.8 Å². The number of thioether (sulfide) groups is 1. The maximum Gasteiger partial charge on any atom is 0.267 e. The third-order valence-corrected chi connectivity index (χ3v) is 6.19. The van der Waals surface area contributed by atoms with E-state index >= 15 is 0 Å². The van der Waals surface area contributed by atoms with Gasteiger partial charge in [0.15, 0.2) is 16.7 Å². The number of amidine groups is 1. The van der Waals surface area contributed by atoms with Gasteiger partial charge < -0.3 is 9.47 Å². The fourth-order valence-electron chi connectivity index (χ4n) is 3.82. The summed E-state index contributed by atoms with van der Waals surface area (Å²) in [5.74, 6) is 1.51. The second-order valence-electron chi connectivity index (χ2n) is 7.07. The van der Waals surface area contributed by atoms with Crippen molar-refractivity contribution < 1.29 is 14.3 Å². The summed E-state index contributed by atoms with van der Waals surface area (Å²) in [7, 11) is 0. The molecule has 1 amide bonds. The standard InChI is InChI=1S/C22H20N2O3S/c25-21-20(13-15-10-11-18-19(12-15)27-14-26-18)28-22(23-16-6-2-1-3-7-16)24(21)17-8-4-5-9-17/h1-3,6-7,10-13,17H,4-5,8-9,14H2. The number of carbonyl (C=O) groups is 1. The summed E-state index contributed by atoms with van der Waals surface area (Å²) in [6.07, 6.45) is 6.33. The summed E-state index contributed by atoms with van der Waals surface area (Å²) in [5.41, 5.74) is 1.79. The van der Waals surface area contributed by atoms with Gasteiger partial charge in [-0.15, -0.1) is 0 Å². The van der Waals surface area contributed by atoms with E-state index in [9.17, 15) is 4.79 Å². The summed E-state index contributed by atoms with van der Waals surface area (Å²) in [4.78, 5) is 20.6. The second-order valence-corrected chi connectivity index (χ2v) is 8.08. The molecule has 0 aromatic heterocycles. The maximum atomic E-state index is 13.2. The molecule has 2 aliphatic heterocycles. The van der Waals surface area contributed by atoms with Gasteiger partial charge >= 0.3 is 0 Å². The lowest BCUT2D eigenvalue weighted by Gasteiger charge is -2.22. The van der Waals surface area contributed by atoms with Crippen LogP contribution in [0.2, 0.25) is 0 Å². The number of ether oxygens (including phenoxy) is 2. The predicted molar refractivity (Wildman–Crippen MR) is 111 cm³/mol. The first kappa shape index (κ1) is 17.4. The summed E-state index contributed by atoms with van der Waals surface area (Å²) in [5, 5.41) is 0.773. The van der Waals surface area contributed by atoms with E-state index in [1.807, 2.05) is 59.5 Å². The lowest BCUT2D eigenvalue weighted by atomic mass is 10.1. The Morgan fingerprint density at radius 2 is 1.82 bits per heavy atom. The zero-order valence-corrected chi connectivity index (χ0v) is 16.2. The van der Waals surface area contributed by atoms with Crippen molar-refractivity contribution in [1.29, 1.82) is 0 Å². The summed E-state index contributed by atoms with van der Waals surface area (Å²) in [6.45, 7) is 0.242. The van der Waals surface area contributed by atoms with Gasteiger partial charge in [-0.2, -0.15) is 0 Å². The van der Waals surface area contributed by atoms with Crippen LogP contribution in [0.25, 0.3) is 6.08 Å². The van der Waals surface area contributed by atoms with Gasteiger partial charge in [0.05, 0.1) is 10.6 Å². The van der Waals surface area contributed by atoms with Gasteiger partial charge in [0.2, 0.25) is 6.79 Å². The molecule has 28 heavy (non-hydrogen) atoms. The fraction of sp³-hybridized carbons (Fsp3) is 0.273. The monoisotopic (exact) mass is 392 g/mol. The largest absolute Gasteiger partial charge is 0.454 e. The molecule has 0 atom stereocenters. The van der Waals surface area contributed by atoms with Crippen molar-refractivity contribution in [2.75, 3.05) is 6.79 Å². The van der Waals surface area contributed by atoms with E-state index in [1.54, 1.807) is 0 Å². The average molecular weight is 392 g/mol. The molecular weight excluding hydrogens is 372 g/mol. The molecule has 142 valence electrons. The highest BCUT2D eigenvalue weighted by molar-refractivity contribution is 8.18. The SMILES string of the molecule is O=C1C(=Cc2ccc3c(c2)OCO3)SC(=Nc2ccccc2)N1C1CCCC1. The van der Waals surface area contributed by atoms with Gasteiger partial charge in [-0.3, -0.25) is 9.69 Å². The summed E-state index contributed by atoms with van der Waals surface area (Å²) >= 11 is 1.45. The van der Waals surface area contributed by atoms with Crippen LogP contribution in [0.15, 0.2) is 58.4 Å². The molecule has 2 aromatic rings. The molecule has 3 aliphatic rings.